The first-order valence-corrected chi connectivity index (χ1v) is 11.9. The highest BCUT2D eigenvalue weighted by molar-refractivity contribution is 5.79. The largest absolute Gasteiger partial charge is 0.394 e. The number of hydrogen-bond donors (Lipinski definition) is 5. The molecule has 0 radical (unpaired) electrons. The van der Waals surface area contributed by atoms with Crippen molar-refractivity contribution in [2.45, 2.75) is 95.7 Å². The lowest BCUT2D eigenvalue weighted by molar-refractivity contribution is -0.128. The lowest BCUT2D eigenvalue weighted by atomic mass is 9.73. The Bertz CT molecular complexity index is 562. The van der Waals surface area contributed by atoms with E-state index in [1.165, 1.54) is 25.7 Å². The fraction of sp³-hybridized carbons (Fsp3) is 0.955. The van der Waals surface area contributed by atoms with E-state index in [4.69, 9.17) is 4.84 Å². The lowest BCUT2D eigenvalue weighted by Crippen LogP contribution is -2.47. The van der Waals surface area contributed by atoms with E-state index in [2.05, 4.69) is 23.0 Å². The average molecular weight is 410 g/mol. The first-order chi connectivity index (χ1) is 14.1. The Balaban J connectivity index is 1.27. The van der Waals surface area contributed by atoms with E-state index in [-0.39, 0.29) is 36.7 Å². The molecule has 9 atom stereocenters. The molecule has 7 heteroatoms. The van der Waals surface area contributed by atoms with Gasteiger partial charge in [-0.3, -0.25) is 14.9 Å². The van der Waals surface area contributed by atoms with E-state index in [1.807, 2.05) is 0 Å². The van der Waals surface area contributed by atoms with Crippen LogP contribution in [0.15, 0.2) is 0 Å². The lowest BCUT2D eigenvalue weighted by Gasteiger charge is -2.37. The molecular weight excluding hydrogens is 370 g/mol. The summed E-state index contributed by atoms with van der Waals surface area (Å²) < 4.78 is 0. The molecule has 4 rings (SSSR count). The van der Waals surface area contributed by atoms with Crippen LogP contribution >= 0.6 is 0 Å². The monoisotopic (exact) mass is 409 g/mol. The van der Waals surface area contributed by atoms with E-state index < -0.39 is 6.10 Å². The SMILES string of the molecule is CCC1NC(C2CCC3C(CC[C@H]3NC(=O)C3CCCC(C(O)CO)C3)C2)NO1. The van der Waals surface area contributed by atoms with Crippen molar-refractivity contribution in [3.8, 4) is 0 Å². The van der Waals surface area contributed by atoms with Gasteiger partial charge in [0.2, 0.25) is 5.91 Å². The molecule has 1 aliphatic heterocycles. The third-order valence-electron chi connectivity index (χ3n) is 8.14. The molecule has 1 saturated heterocycles. The van der Waals surface area contributed by atoms with Gasteiger partial charge in [0, 0.05) is 12.0 Å². The molecule has 166 valence electrons. The minimum Gasteiger partial charge on any atom is -0.394 e. The summed E-state index contributed by atoms with van der Waals surface area (Å²) in [7, 11) is 0. The quantitative estimate of drug-likeness (QED) is 0.457. The summed E-state index contributed by atoms with van der Waals surface area (Å²) in [5.74, 6) is 2.10. The van der Waals surface area contributed by atoms with E-state index >= 15 is 0 Å². The number of aliphatic hydroxyl groups is 2. The smallest absolute Gasteiger partial charge is 0.223 e. The summed E-state index contributed by atoms with van der Waals surface area (Å²) in [4.78, 5) is 18.5. The Morgan fingerprint density at radius 1 is 1.14 bits per heavy atom. The maximum absolute atomic E-state index is 12.9. The van der Waals surface area contributed by atoms with Gasteiger partial charge in [-0.15, -0.1) is 0 Å². The first-order valence-electron chi connectivity index (χ1n) is 11.9. The molecule has 4 fully saturated rings. The highest BCUT2D eigenvalue weighted by atomic mass is 16.7. The van der Waals surface area contributed by atoms with Crippen LogP contribution in [-0.2, 0) is 9.63 Å². The standard InChI is InChI=1S/C22H39N3O4/c1-2-20-24-21(25-29-20)15-6-8-17-13(10-15)7-9-18(17)23-22(28)16-5-3-4-14(11-16)19(27)12-26/h13-21,24-27H,2-12H2,1H3,(H,23,28)/t13?,14?,15?,16?,17?,18-,19?,20?,21?/m1/s1. The van der Waals surface area contributed by atoms with E-state index in [0.29, 0.717) is 30.2 Å². The van der Waals surface area contributed by atoms with Gasteiger partial charge < -0.3 is 15.5 Å². The molecule has 3 aliphatic carbocycles. The first kappa shape index (κ1) is 21.5. The number of nitrogens with one attached hydrogen (secondary N) is 3. The van der Waals surface area contributed by atoms with Crippen molar-refractivity contribution < 1.29 is 19.8 Å². The molecule has 8 unspecified atom stereocenters. The molecule has 0 aromatic rings. The highest BCUT2D eigenvalue weighted by Crippen LogP contribution is 2.45. The van der Waals surface area contributed by atoms with E-state index in [9.17, 15) is 15.0 Å². The molecule has 0 spiro atoms. The zero-order valence-corrected chi connectivity index (χ0v) is 17.7. The van der Waals surface area contributed by atoms with Crippen molar-refractivity contribution in [1.29, 1.82) is 0 Å². The fourth-order valence-corrected chi connectivity index (χ4v) is 6.40. The molecule has 1 amide bonds. The van der Waals surface area contributed by atoms with Gasteiger partial charge in [-0.25, -0.2) is 0 Å². The number of aliphatic hydroxyl groups excluding tert-OH is 2. The van der Waals surface area contributed by atoms with Crippen molar-refractivity contribution in [2.24, 2.45) is 29.6 Å². The van der Waals surface area contributed by atoms with Gasteiger partial charge >= 0.3 is 0 Å². The Morgan fingerprint density at radius 2 is 1.97 bits per heavy atom. The Kier molecular flexibility index (Phi) is 7.12. The van der Waals surface area contributed by atoms with Crippen molar-refractivity contribution in [3.63, 3.8) is 0 Å². The predicted molar refractivity (Wildman–Crippen MR) is 109 cm³/mol. The van der Waals surface area contributed by atoms with Crippen molar-refractivity contribution in [3.05, 3.63) is 0 Å². The van der Waals surface area contributed by atoms with Crippen molar-refractivity contribution in [1.82, 2.24) is 16.1 Å². The summed E-state index contributed by atoms with van der Waals surface area (Å²) >= 11 is 0. The summed E-state index contributed by atoms with van der Waals surface area (Å²) in [5.41, 5.74) is 3.19. The Hall–Kier alpha value is -0.730. The number of amides is 1. The molecule has 3 saturated carbocycles. The molecule has 1 heterocycles. The van der Waals surface area contributed by atoms with Gasteiger partial charge in [0.25, 0.3) is 0 Å². The van der Waals surface area contributed by atoms with Gasteiger partial charge in [-0.05, 0) is 81.5 Å². The van der Waals surface area contributed by atoms with Crippen molar-refractivity contribution in [2.75, 3.05) is 6.61 Å². The van der Waals surface area contributed by atoms with Gasteiger partial charge in [0.1, 0.15) is 6.23 Å². The Morgan fingerprint density at radius 3 is 2.72 bits per heavy atom. The molecule has 0 aromatic heterocycles. The van der Waals surface area contributed by atoms with E-state index in [1.54, 1.807) is 0 Å². The zero-order valence-electron chi connectivity index (χ0n) is 17.7. The average Bonchev–Trinajstić information content (AvgIpc) is 3.40. The number of carbonyl (C=O) groups is 1. The predicted octanol–water partition coefficient (Wildman–Crippen LogP) is 1.64. The van der Waals surface area contributed by atoms with Gasteiger partial charge in [-0.1, -0.05) is 13.3 Å². The molecule has 0 aromatic carbocycles. The number of fused-ring (bicyclic) bond motifs is 1. The molecule has 7 nitrogen and oxygen atoms in total. The number of rotatable bonds is 6. The zero-order chi connectivity index (χ0) is 20.4. The molecule has 5 N–H and O–H groups in total. The summed E-state index contributed by atoms with van der Waals surface area (Å²) in [6.07, 6.45) is 9.97. The second kappa shape index (κ2) is 9.60. The molecule has 4 aliphatic rings. The second-order valence-electron chi connectivity index (χ2n) is 9.84. The summed E-state index contributed by atoms with van der Waals surface area (Å²) in [5, 5.41) is 26.1. The van der Waals surface area contributed by atoms with Crippen LogP contribution in [0.2, 0.25) is 0 Å². The second-order valence-corrected chi connectivity index (χ2v) is 9.84. The van der Waals surface area contributed by atoms with Crippen LogP contribution in [0, 0.1) is 29.6 Å². The molecular formula is C22H39N3O4. The topological polar surface area (TPSA) is 103 Å². The maximum atomic E-state index is 12.9. The molecule has 0 bridgehead atoms. The van der Waals surface area contributed by atoms with Crippen LogP contribution in [0.25, 0.3) is 0 Å². The fourth-order valence-electron chi connectivity index (χ4n) is 6.40. The van der Waals surface area contributed by atoms with Crippen LogP contribution in [0.4, 0.5) is 0 Å². The number of hydroxylamine groups is 1. The Labute approximate surface area is 174 Å². The third kappa shape index (κ3) is 4.79. The van der Waals surface area contributed by atoms with Gasteiger partial charge in [-0.2, -0.15) is 5.48 Å². The number of carbonyl (C=O) groups excluding carboxylic acids is 1. The van der Waals surface area contributed by atoms with Gasteiger partial charge in [0.15, 0.2) is 0 Å². The van der Waals surface area contributed by atoms with Crippen LogP contribution in [-0.4, -0.2) is 47.3 Å². The third-order valence-corrected chi connectivity index (χ3v) is 8.14. The van der Waals surface area contributed by atoms with E-state index in [0.717, 1.165) is 32.1 Å². The maximum Gasteiger partial charge on any atom is 0.223 e. The van der Waals surface area contributed by atoms with Crippen LogP contribution < -0.4 is 16.1 Å². The highest BCUT2D eigenvalue weighted by Gasteiger charge is 2.44. The number of hydrogen-bond acceptors (Lipinski definition) is 6. The minimum atomic E-state index is -0.689. The minimum absolute atomic E-state index is 0.0136. The van der Waals surface area contributed by atoms with Crippen molar-refractivity contribution >= 4 is 5.91 Å². The summed E-state index contributed by atoms with van der Waals surface area (Å²) in [6.45, 7) is 1.92. The normalized spacial score (nSPS) is 43.7. The van der Waals surface area contributed by atoms with Crippen LogP contribution in [0.5, 0.6) is 0 Å². The van der Waals surface area contributed by atoms with Gasteiger partial charge in [0.05, 0.1) is 18.9 Å². The van der Waals surface area contributed by atoms with Crippen LogP contribution in [0.3, 0.4) is 0 Å². The summed E-state index contributed by atoms with van der Waals surface area (Å²) in [6, 6.07) is 0.306. The van der Waals surface area contributed by atoms with Crippen LogP contribution in [0.1, 0.15) is 71.1 Å². The molecule has 29 heavy (non-hydrogen) atoms.